The van der Waals surface area contributed by atoms with Gasteiger partial charge in [-0.15, -0.1) is 0 Å². The summed E-state index contributed by atoms with van der Waals surface area (Å²) in [6.07, 6.45) is 3.06. The molecule has 2 bridgehead atoms. The van der Waals surface area contributed by atoms with E-state index in [9.17, 15) is 10.2 Å². The van der Waals surface area contributed by atoms with E-state index in [0.29, 0.717) is 17.4 Å². The van der Waals surface area contributed by atoms with Gasteiger partial charge in [0, 0.05) is 5.02 Å². The minimum atomic E-state index is -0.512. The third-order valence-corrected chi connectivity index (χ3v) is 4.64. The Morgan fingerprint density at radius 1 is 1.41 bits per heavy atom. The zero-order chi connectivity index (χ0) is 12.0. The van der Waals surface area contributed by atoms with E-state index < -0.39 is 11.7 Å². The summed E-state index contributed by atoms with van der Waals surface area (Å²) in [6, 6.07) is 7.34. The second kappa shape index (κ2) is 3.98. The molecule has 0 saturated heterocycles. The fourth-order valence-electron chi connectivity index (χ4n) is 3.50. The summed E-state index contributed by atoms with van der Waals surface area (Å²) in [5.74, 6) is 0.943. The highest BCUT2D eigenvalue weighted by atomic mass is 35.5. The number of benzene rings is 1. The Labute approximate surface area is 106 Å². The van der Waals surface area contributed by atoms with Gasteiger partial charge in [-0.3, -0.25) is 0 Å². The summed E-state index contributed by atoms with van der Waals surface area (Å²) in [5, 5.41) is 21.1. The summed E-state index contributed by atoms with van der Waals surface area (Å²) in [7, 11) is 0. The molecule has 0 aliphatic heterocycles. The fourth-order valence-corrected chi connectivity index (χ4v) is 3.70. The molecule has 2 unspecified atom stereocenters. The van der Waals surface area contributed by atoms with Crippen LogP contribution in [0, 0.1) is 11.8 Å². The smallest absolute Gasteiger partial charge is 0.0794 e. The van der Waals surface area contributed by atoms with E-state index in [0.717, 1.165) is 24.8 Å². The molecule has 1 aromatic carbocycles. The first-order chi connectivity index (χ1) is 8.07. The van der Waals surface area contributed by atoms with E-state index in [1.807, 2.05) is 12.1 Å². The highest BCUT2D eigenvalue weighted by Gasteiger charge is 2.56. The molecule has 17 heavy (non-hydrogen) atoms. The van der Waals surface area contributed by atoms with Crippen molar-refractivity contribution in [2.24, 2.45) is 11.8 Å². The third-order valence-electron chi connectivity index (χ3n) is 4.40. The Hall–Kier alpha value is -0.570. The van der Waals surface area contributed by atoms with Gasteiger partial charge in [0.15, 0.2) is 0 Å². The molecule has 3 saturated carbocycles. The SMILES string of the molecule is OC(CC1CC2CC1(O)C2)c1cccc(Cl)c1. The van der Waals surface area contributed by atoms with Crippen LogP contribution >= 0.6 is 11.6 Å². The lowest BCUT2D eigenvalue weighted by Gasteiger charge is -2.36. The zero-order valence-electron chi connectivity index (χ0n) is 9.64. The van der Waals surface area contributed by atoms with Crippen LogP contribution in [0.15, 0.2) is 24.3 Å². The van der Waals surface area contributed by atoms with Gasteiger partial charge in [0.1, 0.15) is 0 Å². The first-order valence-electron chi connectivity index (χ1n) is 6.23. The zero-order valence-corrected chi connectivity index (χ0v) is 10.4. The van der Waals surface area contributed by atoms with Gasteiger partial charge in [-0.05, 0) is 55.2 Å². The van der Waals surface area contributed by atoms with Crippen LogP contribution in [0.4, 0.5) is 0 Å². The standard InChI is InChI=1S/C14H17ClO2/c15-12-3-1-2-10(5-12)13(16)6-11-4-9-7-14(11,17)8-9/h1-3,5,9,11,13,16-17H,4,6-8H2. The third kappa shape index (κ3) is 1.99. The number of aliphatic hydroxyl groups excluding tert-OH is 1. The lowest BCUT2D eigenvalue weighted by atomic mass is 9.76. The van der Waals surface area contributed by atoms with E-state index in [2.05, 4.69) is 0 Å². The minimum absolute atomic E-state index is 0.251. The Bertz CT molecular complexity index is 426. The largest absolute Gasteiger partial charge is 0.390 e. The topological polar surface area (TPSA) is 40.5 Å². The molecule has 3 heteroatoms. The highest BCUT2D eigenvalue weighted by Crippen LogP contribution is 2.57. The van der Waals surface area contributed by atoms with Crippen molar-refractivity contribution < 1.29 is 10.2 Å². The molecular weight excluding hydrogens is 236 g/mol. The van der Waals surface area contributed by atoms with Crippen molar-refractivity contribution in [1.82, 2.24) is 0 Å². The van der Waals surface area contributed by atoms with Crippen LogP contribution in [-0.2, 0) is 0 Å². The molecule has 1 aromatic rings. The van der Waals surface area contributed by atoms with Crippen molar-refractivity contribution in [2.75, 3.05) is 0 Å². The molecule has 0 spiro atoms. The van der Waals surface area contributed by atoms with Crippen molar-refractivity contribution >= 4 is 11.6 Å². The van der Waals surface area contributed by atoms with Crippen molar-refractivity contribution in [1.29, 1.82) is 0 Å². The molecule has 4 rings (SSSR count). The lowest BCUT2D eigenvalue weighted by Crippen LogP contribution is -2.39. The number of rotatable bonds is 3. The number of fused-ring (bicyclic) bond motifs is 1. The van der Waals surface area contributed by atoms with Crippen molar-refractivity contribution in [3.05, 3.63) is 34.9 Å². The molecule has 3 aliphatic rings. The van der Waals surface area contributed by atoms with E-state index in [4.69, 9.17) is 11.6 Å². The minimum Gasteiger partial charge on any atom is -0.390 e. The molecule has 92 valence electrons. The molecular formula is C14H17ClO2. The van der Waals surface area contributed by atoms with Crippen LogP contribution in [0.2, 0.25) is 5.02 Å². The summed E-state index contributed by atoms with van der Waals surface area (Å²) in [5.41, 5.74) is 0.370. The van der Waals surface area contributed by atoms with Gasteiger partial charge in [0.25, 0.3) is 0 Å². The molecule has 3 aliphatic carbocycles. The highest BCUT2D eigenvalue weighted by molar-refractivity contribution is 6.30. The van der Waals surface area contributed by atoms with Gasteiger partial charge in [-0.25, -0.2) is 0 Å². The van der Waals surface area contributed by atoms with Gasteiger partial charge >= 0.3 is 0 Å². The molecule has 0 aromatic heterocycles. The van der Waals surface area contributed by atoms with Crippen LogP contribution in [0.3, 0.4) is 0 Å². The number of halogens is 1. The summed E-state index contributed by atoms with van der Waals surface area (Å²) in [6.45, 7) is 0. The second-order valence-corrected chi connectivity index (χ2v) is 6.05. The molecule has 0 radical (unpaired) electrons. The fraction of sp³-hybridized carbons (Fsp3) is 0.571. The van der Waals surface area contributed by atoms with Crippen LogP contribution in [0.1, 0.15) is 37.4 Å². The van der Waals surface area contributed by atoms with E-state index in [-0.39, 0.29) is 5.92 Å². The van der Waals surface area contributed by atoms with Gasteiger partial charge in [-0.1, -0.05) is 23.7 Å². The normalized spacial score (nSPS) is 36.6. The Morgan fingerprint density at radius 3 is 2.76 bits per heavy atom. The van der Waals surface area contributed by atoms with E-state index >= 15 is 0 Å². The van der Waals surface area contributed by atoms with E-state index in [1.54, 1.807) is 12.1 Å². The summed E-state index contributed by atoms with van der Waals surface area (Å²) >= 11 is 5.91. The van der Waals surface area contributed by atoms with Crippen molar-refractivity contribution in [3.63, 3.8) is 0 Å². The average molecular weight is 253 g/mol. The second-order valence-electron chi connectivity index (χ2n) is 5.62. The summed E-state index contributed by atoms with van der Waals surface area (Å²) in [4.78, 5) is 0. The number of aliphatic hydroxyl groups is 2. The predicted octanol–water partition coefficient (Wildman–Crippen LogP) is 2.92. The van der Waals surface area contributed by atoms with Crippen molar-refractivity contribution in [2.45, 2.75) is 37.4 Å². The van der Waals surface area contributed by atoms with Gasteiger partial charge in [-0.2, -0.15) is 0 Å². The average Bonchev–Trinajstić information content (AvgIpc) is 2.70. The summed E-state index contributed by atoms with van der Waals surface area (Å²) < 4.78 is 0. The quantitative estimate of drug-likeness (QED) is 0.869. The number of hydrogen-bond donors (Lipinski definition) is 2. The molecule has 2 nitrogen and oxygen atoms in total. The first-order valence-corrected chi connectivity index (χ1v) is 6.60. The Balaban J connectivity index is 1.69. The van der Waals surface area contributed by atoms with Crippen LogP contribution in [0.5, 0.6) is 0 Å². The van der Waals surface area contributed by atoms with Crippen molar-refractivity contribution in [3.8, 4) is 0 Å². The molecule has 0 amide bonds. The molecule has 2 N–H and O–H groups in total. The van der Waals surface area contributed by atoms with Gasteiger partial charge in [0.2, 0.25) is 0 Å². The number of hydrogen-bond acceptors (Lipinski definition) is 2. The Kier molecular flexibility index (Phi) is 2.69. The first kappa shape index (κ1) is 11.5. The van der Waals surface area contributed by atoms with Crippen LogP contribution in [-0.4, -0.2) is 15.8 Å². The van der Waals surface area contributed by atoms with Gasteiger partial charge < -0.3 is 10.2 Å². The monoisotopic (exact) mass is 252 g/mol. The van der Waals surface area contributed by atoms with E-state index in [1.165, 1.54) is 0 Å². The van der Waals surface area contributed by atoms with Crippen LogP contribution < -0.4 is 0 Å². The molecule has 0 heterocycles. The molecule has 2 atom stereocenters. The maximum absolute atomic E-state index is 10.2. The predicted molar refractivity (Wildman–Crippen MR) is 66.8 cm³/mol. The lowest BCUT2D eigenvalue weighted by molar-refractivity contribution is -0.0594. The maximum atomic E-state index is 10.2. The Morgan fingerprint density at radius 2 is 2.18 bits per heavy atom. The molecule has 3 fully saturated rings. The van der Waals surface area contributed by atoms with Crippen LogP contribution in [0.25, 0.3) is 0 Å². The van der Waals surface area contributed by atoms with Gasteiger partial charge in [0.05, 0.1) is 11.7 Å². The maximum Gasteiger partial charge on any atom is 0.0794 e.